The van der Waals surface area contributed by atoms with Gasteiger partial charge in [0.15, 0.2) is 17.7 Å². The van der Waals surface area contributed by atoms with Gasteiger partial charge in [-0.25, -0.2) is 9.07 Å². The fraction of sp³-hybridized carbons (Fsp3) is 0.318. The van der Waals surface area contributed by atoms with Crippen molar-refractivity contribution in [2.24, 2.45) is 0 Å². The summed E-state index contributed by atoms with van der Waals surface area (Å²) in [5.41, 5.74) is 0.717. The number of carbonyl (C=O) groups is 1. The number of phenols is 2. The Bertz CT molecular complexity index is 1190. The van der Waals surface area contributed by atoms with Gasteiger partial charge in [-0.2, -0.15) is 0 Å². The number of nitrogens with zero attached hydrogens (tertiary/aromatic N) is 4. The molecular weight excluding hydrogens is 451 g/mol. The predicted molar refractivity (Wildman–Crippen MR) is 114 cm³/mol. The topological polar surface area (TPSA) is 161 Å². The highest BCUT2D eigenvalue weighted by atomic mass is 19.1. The first kappa shape index (κ1) is 23.6. The number of halogens is 1. The van der Waals surface area contributed by atoms with Crippen LogP contribution in [0.4, 0.5) is 4.39 Å². The van der Waals surface area contributed by atoms with E-state index in [-0.39, 0.29) is 11.3 Å². The first-order chi connectivity index (χ1) is 16.2. The van der Waals surface area contributed by atoms with Crippen LogP contribution in [0.15, 0.2) is 48.7 Å². The fourth-order valence-corrected chi connectivity index (χ4v) is 3.89. The Morgan fingerprint density at radius 1 is 1.15 bits per heavy atom. The maximum atomic E-state index is 13.6. The molecule has 1 saturated heterocycles. The highest BCUT2D eigenvalue weighted by molar-refractivity contribution is 5.94. The molecule has 0 radical (unpaired) electrons. The minimum Gasteiger partial charge on any atom is -0.504 e. The Morgan fingerprint density at radius 3 is 2.59 bits per heavy atom. The van der Waals surface area contributed by atoms with Crippen LogP contribution in [0.3, 0.4) is 0 Å². The number of amides is 1. The fourth-order valence-electron chi connectivity index (χ4n) is 3.89. The lowest BCUT2D eigenvalue weighted by atomic mass is 9.94. The van der Waals surface area contributed by atoms with Crippen LogP contribution < -0.4 is 0 Å². The van der Waals surface area contributed by atoms with E-state index >= 15 is 0 Å². The lowest BCUT2D eigenvalue weighted by molar-refractivity contribution is -0.235. The van der Waals surface area contributed by atoms with E-state index < -0.39 is 60.4 Å². The smallest absolute Gasteiger partial charge is 0.255 e. The third-order valence-electron chi connectivity index (χ3n) is 5.73. The summed E-state index contributed by atoms with van der Waals surface area (Å²) in [5, 5.41) is 58.6. The third-order valence-corrected chi connectivity index (χ3v) is 5.73. The van der Waals surface area contributed by atoms with Gasteiger partial charge in [-0.1, -0.05) is 17.3 Å². The molecule has 5 N–H and O–H groups in total. The van der Waals surface area contributed by atoms with Gasteiger partial charge < -0.3 is 35.2 Å². The lowest BCUT2D eigenvalue weighted by Crippen LogP contribution is -2.61. The van der Waals surface area contributed by atoms with Crippen molar-refractivity contribution >= 4 is 5.91 Å². The zero-order valence-corrected chi connectivity index (χ0v) is 17.9. The van der Waals surface area contributed by atoms with Crippen LogP contribution >= 0.6 is 0 Å². The first-order valence-electron chi connectivity index (χ1n) is 10.3. The molecule has 1 aliphatic heterocycles. The Morgan fingerprint density at radius 2 is 1.91 bits per heavy atom. The normalized spacial score (nSPS) is 24.7. The van der Waals surface area contributed by atoms with Gasteiger partial charge in [0.2, 0.25) is 0 Å². The molecule has 2 heterocycles. The largest absolute Gasteiger partial charge is 0.504 e. The van der Waals surface area contributed by atoms with E-state index in [1.54, 1.807) is 6.07 Å². The average Bonchev–Trinajstić information content (AvgIpc) is 3.30. The van der Waals surface area contributed by atoms with E-state index in [9.17, 15) is 34.7 Å². The number of likely N-dealkylation sites (N-methyl/N-ethyl adjacent to an activating group) is 1. The molecule has 11 nitrogen and oxygen atoms in total. The second kappa shape index (κ2) is 9.35. The number of hydrogen-bond donors (Lipinski definition) is 5. The van der Waals surface area contributed by atoms with Crippen LogP contribution in [0.5, 0.6) is 11.5 Å². The molecule has 1 aliphatic rings. The van der Waals surface area contributed by atoms with Crippen LogP contribution in [0.25, 0.3) is 11.3 Å². The Labute approximate surface area is 192 Å². The number of aliphatic hydroxyl groups is 3. The molecule has 180 valence electrons. The summed E-state index contributed by atoms with van der Waals surface area (Å²) in [5.74, 6) is -2.04. The summed E-state index contributed by atoms with van der Waals surface area (Å²) < 4.78 is 20.4. The van der Waals surface area contributed by atoms with Crippen molar-refractivity contribution in [3.05, 3.63) is 60.0 Å². The molecule has 5 atom stereocenters. The quantitative estimate of drug-likeness (QED) is 0.326. The molecule has 2 aromatic carbocycles. The molecule has 1 aromatic heterocycles. The zero-order chi connectivity index (χ0) is 24.6. The summed E-state index contributed by atoms with van der Waals surface area (Å²) >= 11 is 0. The minimum atomic E-state index is -1.51. The average molecular weight is 474 g/mol. The summed E-state index contributed by atoms with van der Waals surface area (Å²) in [7, 11) is 1.34. The van der Waals surface area contributed by atoms with E-state index in [1.165, 1.54) is 42.2 Å². The van der Waals surface area contributed by atoms with Crippen molar-refractivity contribution in [1.29, 1.82) is 0 Å². The maximum Gasteiger partial charge on any atom is 0.255 e. The molecule has 34 heavy (non-hydrogen) atoms. The standard InChI is InChI=1S/C22H23FN4O7/c1-26(21(33)12-5-6-15(29)16(30)8-12)22-20(32)18(19(31)17(10-28)34-22)27-9-14(24-25-27)11-3-2-4-13(23)7-11/h2-9,17-20,22,28-32H,10H2,1H3/t17?,18-,19-,20?,22+/m0/s1. The van der Waals surface area contributed by atoms with Gasteiger partial charge in [-0.05, 0) is 30.3 Å². The predicted octanol–water partition coefficient (Wildman–Crippen LogP) is 0.248. The second-order valence-electron chi connectivity index (χ2n) is 7.93. The van der Waals surface area contributed by atoms with Gasteiger partial charge in [0, 0.05) is 18.2 Å². The van der Waals surface area contributed by atoms with E-state index in [1.807, 2.05) is 0 Å². The maximum absolute atomic E-state index is 13.6. The number of carbonyl (C=O) groups excluding carboxylic acids is 1. The molecule has 0 bridgehead atoms. The van der Waals surface area contributed by atoms with E-state index in [0.717, 1.165) is 17.0 Å². The molecule has 4 rings (SSSR count). The number of ether oxygens (including phenoxy) is 1. The number of phenolic OH excluding ortho intramolecular Hbond substituents is 2. The van der Waals surface area contributed by atoms with Gasteiger partial charge in [0.25, 0.3) is 5.91 Å². The zero-order valence-electron chi connectivity index (χ0n) is 17.9. The van der Waals surface area contributed by atoms with Gasteiger partial charge in [0.05, 0.1) is 12.8 Å². The molecular formula is C22H23FN4O7. The van der Waals surface area contributed by atoms with Crippen molar-refractivity contribution in [3.63, 3.8) is 0 Å². The summed E-state index contributed by atoms with van der Waals surface area (Å²) in [6.07, 6.45) is -4.03. The van der Waals surface area contributed by atoms with E-state index in [4.69, 9.17) is 4.74 Å². The van der Waals surface area contributed by atoms with Crippen LogP contribution in [0, 0.1) is 5.82 Å². The Balaban J connectivity index is 1.63. The minimum absolute atomic E-state index is 0.00552. The van der Waals surface area contributed by atoms with Crippen molar-refractivity contribution < 1.29 is 39.5 Å². The van der Waals surface area contributed by atoms with Crippen LogP contribution in [-0.4, -0.2) is 89.5 Å². The number of rotatable bonds is 5. The van der Waals surface area contributed by atoms with Gasteiger partial charge in [0.1, 0.15) is 35.9 Å². The number of aromatic hydroxyl groups is 2. The van der Waals surface area contributed by atoms with Crippen LogP contribution in [-0.2, 0) is 4.74 Å². The molecule has 12 heteroatoms. The van der Waals surface area contributed by atoms with Crippen molar-refractivity contribution in [2.75, 3.05) is 13.7 Å². The summed E-state index contributed by atoms with van der Waals surface area (Å²) in [4.78, 5) is 14.0. The first-order valence-corrected chi connectivity index (χ1v) is 10.3. The third kappa shape index (κ3) is 4.31. The number of hydrogen-bond acceptors (Lipinski definition) is 9. The number of aromatic nitrogens is 3. The Kier molecular flexibility index (Phi) is 6.48. The molecule has 0 spiro atoms. The van der Waals surface area contributed by atoms with Crippen LogP contribution in [0.1, 0.15) is 16.4 Å². The van der Waals surface area contributed by atoms with Crippen LogP contribution in [0.2, 0.25) is 0 Å². The molecule has 1 amide bonds. The molecule has 3 aromatic rings. The number of aliphatic hydroxyl groups excluding tert-OH is 3. The summed E-state index contributed by atoms with van der Waals surface area (Å²) in [6, 6.07) is 7.95. The van der Waals surface area contributed by atoms with E-state index in [2.05, 4.69) is 10.3 Å². The molecule has 1 fully saturated rings. The Hall–Kier alpha value is -3.58. The number of benzene rings is 2. The highest BCUT2D eigenvalue weighted by Gasteiger charge is 2.48. The summed E-state index contributed by atoms with van der Waals surface area (Å²) in [6.45, 7) is -0.617. The van der Waals surface area contributed by atoms with Crippen molar-refractivity contribution in [1.82, 2.24) is 19.9 Å². The van der Waals surface area contributed by atoms with Gasteiger partial charge in [-0.3, -0.25) is 4.79 Å². The molecule has 0 saturated carbocycles. The van der Waals surface area contributed by atoms with Gasteiger partial charge in [-0.15, -0.1) is 5.10 Å². The van der Waals surface area contributed by atoms with Gasteiger partial charge >= 0.3 is 0 Å². The van der Waals surface area contributed by atoms with Crippen molar-refractivity contribution in [3.8, 4) is 22.8 Å². The monoisotopic (exact) mass is 474 g/mol. The molecule has 2 unspecified atom stereocenters. The van der Waals surface area contributed by atoms with E-state index in [0.29, 0.717) is 5.56 Å². The molecule has 0 aliphatic carbocycles. The second-order valence-corrected chi connectivity index (χ2v) is 7.93. The highest BCUT2D eigenvalue weighted by Crippen LogP contribution is 2.33. The SMILES string of the molecule is CN(C(=O)c1ccc(O)c(O)c1)[C@@H]1OC(CO)[C@H](O)[C@H](n2cc(-c3cccc(F)c3)nn2)C1O. The van der Waals surface area contributed by atoms with Crippen molar-refractivity contribution in [2.45, 2.75) is 30.6 Å². The lowest BCUT2D eigenvalue weighted by Gasteiger charge is -2.45.